The number of carbonyl (C=O) groups excluding carboxylic acids is 1. The molecule has 0 unspecified atom stereocenters. The highest BCUT2D eigenvalue weighted by Gasteiger charge is 2.28. The summed E-state index contributed by atoms with van der Waals surface area (Å²) in [6, 6.07) is 1.36. The first kappa shape index (κ1) is 14.0. The van der Waals surface area contributed by atoms with Gasteiger partial charge in [0.2, 0.25) is 0 Å². The van der Waals surface area contributed by atoms with Crippen molar-refractivity contribution in [2.45, 2.75) is 19.8 Å². The fraction of sp³-hybridized carbons (Fsp3) is 0.583. The smallest absolute Gasteiger partial charge is 0.304 e. The van der Waals surface area contributed by atoms with E-state index in [1.165, 1.54) is 24.3 Å². The molecule has 2 rings (SSSR count). The molecule has 1 N–H and O–H groups in total. The maximum absolute atomic E-state index is 11.4. The van der Waals surface area contributed by atoms with Gasteiger partial charge in [-0.2, -0.15) is 0 Å². The van der Waals surface area contributed by atoms with Gasteiger partial charge >= 0.3 is 5.69 Å². The molecule has 7 heteroatoms. The Morgan fingerprint density at radius 2 is 2.21 bits per heavy atom. The Labute approximate surface area is 114 Å². The van der Waals surface area contributed by atoms with Crippen molar-refractivity contribution < 1.29 is 14.8 Å². The van der Waals surface area contributed by atoms with Crippen molar-refractivity contribution in [3.05, 3.63) is 21.1 Å². The molecule has 1 saturated heterocycles. The van der Waals surface area contributed by atoms with Crippen LogP contribution in [0, 0.1) is 16.0 Å². The number of nitrogens with zero attached hydrogens (tertiary/aromatic N) is 2. The normalized spacial score (nSPS) is 16.6. The fourth-order valence-corrected chi connectivity index (χ4v) is 3.29. The van der Waals surface area contributed by atoms with E-state index in [2.05, 4.69) is 0 Å². The number of hydrogen-bond acceptors (Lipinski definition) is 6. The molecule has 104 valence electrons. The zero-order chi connectivity index (χ0) is 14.0. The summed E-state index contributed by atoms with van der Waals surface area (Å²) in [5, 5.41) is 20.7. The number of anilines is 1. The van der Waals surface area contributed by atoms with Gasteiger partial charge in [0.05, 0.1) is 9.80 Å². The molecule has 0 bridgehead atoms. The van der Waals surface area contributed by atoms with Gasteiger partial charge in [-0.25, -0.2) is 0 Å². The van der Waals surface area contributed by atoms with Crippen LogP contribution in [0.15, 0.2) is 6.07 Å². The number of aliphatic hydroxyl groups excluding tert-OH is 1. The SMILES string of the molecule is CC(=O)c1cc([N+](=O)[O-])c(N2CCC(CO)CC2)s1. The van der Waals surface area contributed by atoms with Crippen LogP contribution < -0.4 is 4.90 Å². The number of carbonyl (C=O) groups is 1. The minimum Gasteiger partial charge on any atom is -0.396 e. The molecule has 0 saturated carbocycles. The number of hydrogen-bond donors (Lipinski definition) is 1. The van der Waals surface area contributed by atoms with Gasteiger partial charge in [0.15, 0.2) is 10.8 Å². The molecule has 1 aliphatic heterocycles. The Bertz CT molecular complexity index is 492. The summed E-state index contributed by atoms with van der Waals surface area (Å²) in [5.41, 5.74) is 0.0117. The molecule has 19 heavy (non-hydrogen) atoms. The molecule has 0 aromatic carbocycles. The largest absolute Gasteiger partial charge is 0.396 e. The lowest BCUT2D eigenvalue weighted by Crippen LogP contribution is -2.34. The van der Waals surface area contributed by atoms with Crippen LogP contribution >= 0.6 is 11.3 Å². The average Bonchev–Trinajstić information content (AvgIpc) is 2.84. The van der Waals surface area contributed by atoms with Crippen molar-refractivity contribution in [3.63, 3.8) is 0 Å². The first-order valence-corrected chi connectivity index (χ1v) is 6.99. The van der Waals surface area contributed by atoms with E-state index in [1.54, 1.807) is 0 Å². The van der Waals surface area contributed by atoms with E-state index in [9.17, 15) is 14.9 Å². The highest BCUT2D eigenvalue weighted by atomic mass is 32.1. The van der Waals surface area contributed by atoms with Gasteiger partial charge in [-0.05, 0) is 25.7 Å². The number of Topliss-reactive ketones (excluding diaryl/α,β-unsaturated/α-hetero) is 1. The molecule has 0 aliphatic carbocycles. The zero-order valence-electron chi connectivity index (χ0n) is 10.7. The second-order valence-electron chi connectivity index (χ2n) is 4.73. The van der Waals surface area contributed by atoms with Crippen LogP contribution in [0.4, 0.5) is 10.7 Å². The molecule has 2 heterocycles. The number of rotatable bonds is 4. The van der Waals surface area contributed by atoms with Gasteiger partial charge in [-0.3, -0.25) is 14.9 Å². The number of aliphatic hydroxyl groups is 1. The molecular formula is C12H16N2O4S. The van der Waals surface area contributed by atoms with Crippen LogP contribution in [0.3, 0.4) is 0 Å². The second-order valence-corrected chi connectivity index (χ2v) is 5.76. The predicted molar refractivity (Wildman–Crippen MR) is 73.0 cm³/mol. The fourth-order valence-electron chi connectivity index (χ4n) is 2.22. The van der Waals surface area contributed by atoms with Gasteiger partial charge in [0.25, 0.3) is 0 Å². The Hall–Kier alpha value is -1.47. The summed E-state index contributed by atoms with van der Waals surface area (Å²) >= 11 is 1.18. The molecule has 1 fully saturated rings. The molecule has 0 spiro atoms. The Morgan fingerprint density at radius 1 is 1.58 bits per heavy atom. The summed E-state index contributed by atoms with van der Waals surface area (Å²) in [6.45, 7) is 2.95. The topological polar surface area (TPSA) is 83.7 Å². The predicted octanol–water partition coefficient (Wildman–Crippen LogP) is 2.07. The van der Waals surface area contributed by atoms with E-state index in [0.29, 0.717) is 23.0 Å². The highest BCUT2D eigenvalue weighted by Crippen LogP contribution is 2.39. The van der Waals surface area contributed by atoms with E-state index < -0.39 is 4.92 Å². The van der Waals surface area contributed by atoms with Gasteiger partial charge in [0, 0.05) is 25.8 Å². The lowest BCUT2D eigenvalue weighted by Gasteiger charge is -2.31. The third-order valence-electron chi connectivity index (χ3n) is 3.40. The second kappa shape index (κ2) is 5.66. The molecule has 1 aromatic heterocycles. The van der Waals surface area contributed by atoms with Crippen molar-refractivity contribution in [2.24, 2.45) is 5.92 Å². The van der Waals surface area contributed by atoms with Crippen molar-refractivity contribution >= 4 is 27.8 Å². The van der Waals surface area contributed by atoms with Gasteiger partial charge in [-0.1, -0.05) is 0 Å². The maximum atomic E-state index is 11.4. The van der Waals surface area contributed by atoms with Crippen LogP contribution in [-0.4, -0.2) is 35.5 Å². The lowest BCUT2D eigenvalue weighted by atomic mass is 9.98. The monoisotopic (exact) mass is 284 g/mol. The number of piperidine rings is 1. The van der Waals surface area contributed by atoms with Crippen molar-refractivity contribution in [3.8, 4) is 0 Å². The van der Waals surface area contributed by atoms with Crippen LogP contribution in [0.25, 0.3) is 0 Å². The van der Waals surface area contributed by atoms with Crippen LogP contribution in [-0.2, 0) is 0 Å². The Balaban J connectivity index is 2.24. The van der Waals surface area contributed by atoms with E-state index in [1.807, 2.05) is 4.90 Å². The van der Waals surface area contributed by atoms with Crippen LogP contribution in [0.2, 0.25) is 0 Å². The van der Waals surface area contributed by atoms with Crippen molar-refractivity contribution in [1.82, 2.24) is 0 Å². The van der Waals surface area contributed by atoms with Gasteiger partial charge in [0.1, 0.15) is 0 Å². The lowest BCUT2D eigenvalue weighted by molar-refractivity contribution is -0.383. The van der Waals surface area contributed by atoms with Gasteiger partial charge < -0.3 is 10.0 Å². The Morgan fingerprint density at radius 3 is 2.68 bits per heavy atom. The minimum atomic E-state index is -0.434. The third-order valence-corrected chi connectivity index (χ3v) is 4.68. The molecule has 0 radical (unpaired) electrons. The molecule has 1 aliphatic rings. The zero-order valence-corrected chi connectivity index (χ0v) is 11.5. The molecule has 6 nitrogen and oxygen atoms in total. The summed E-state index contributed by atoms with van der Waals surface area (Å²) in [6.07, 6.45) is 1.64. The molecule has 0 amide bonds. The van der Waals surface area contributed by atoms with E-state index in [-0.39, 0.29) is 24.0 Å². The summed E-state index contributed by atoms with van der Waals surface area (Å²) in [5.74, 6) is 0.132. The summed E-state index contributed by atoms with van der Waals surface area (Å²) < 4.78 is 0. The van der Waals surface area contributed by atoms with Crippen molar-refractivity contribution in [1.29, 1.82) is 0 Å². The Kier molecular flexibility index (Phi) is 4.16. The number of nitro groups is 1. The quantitative estimate of drug-likeness (QED) is 0.520. The van der Waals surface area contributed by atoms with Crippen LogP contribution in [0.5, 0.6) is 0 Å². The molecular weight excluding hydrogens is 268 g/mol. The summed E-state index contributed by atoms with van der Waals surface area (Å²) in [7, 11) is 0. The molecule has 1 aromatic rings. The maximum Gasteiger partial charge on any atom is 0.304 e. The van der Waals surface area contributed by atoms with Crippen LogP contribution in [0.1, 0.15) is 29.4 Å². The van der Waals surface area contributed by atoms with Gasteiger partial charge in [-0.15, -0.1) is 11.3 Å². The average molecular weight is 284 g/mol. The number of ketones is 1. The van der Waals surface area contributed by atoms with E-state index in [4.69, 9.17) is 5.11 Å². The summed E-state index contributed by atoms with van der Waals surface area (Å²) in [4.78, 5) is 24.3. The molecule has 0 atom stereocenters. The first-order chi connectivity index (χ1) is 9.02. The standard InChI is InChI=1S/C12H16N2O4S/c1-8(16)11-6-10(14(17)18)12(19-11)13-4-2-9(7-15)3-5-13/h6,9,15H,2-5,7H2,1H3. The minimum absolute atomic E-state index is 0.0117. The third kappa shape index (κ3) is 2.93. The number of thiophene rings is 1. The first-order valence-electron chi connectivity index (χ1n) is 6.18. The highest BCUT2D eigenvalue weighted by molar-refractivity contribution is 7.18. The van der Waals surface area contributed by atoms with E-state index >= 15 is 0 Å². The van der Waals surface area contributed by atoms with E-state index in [0.717, 1.165) is 12.8 Å². The van der Waals surface area contributed by atoms with Crippen molar-refractivity contribution in [2.75, 3.05) is 24.6 Å².